The van der Waals surface area contributed by atoms with Crippen LogP contribution in [-0.4, -0.2) is 38.7 Å². The number of benzene rings is 1. The van der Waals surface area contributed by atoms with E-state index in [2.05, 4.69) is 20.3 Å². The van der Waals surface area contributed by atoms with Crippen LogP contribution >= 0.6 is 23.2 Å². The minimum absolute atomic E-state index is 0.259. The summed E-state index contributed by atoms with van der Waals surface area (Å²) in [5, 5.41) is 6.57. The van der Waals surface area contributed by atoms with Gasteiger partial charge in [-0.15, -0.1) is 0 Å². The zero-order valence-electron chi connectivity index (χ0n) is 14.4. The molecule has 0 aliphatic carbocycles. The molecule has 0 saturated heterocycles. The number of hydrogen-bond donors (Lipinski definition) is 3. The fourth-order valence-corrected chi connectivity index (χ4v) is 3.03. The number of nitrogens with one attached hydrogen (secondary N) is 3. The molecule has 0 atom stereocenters. The summed E-state index contributed by atoms with van der Waals surface area (Å²) < 4.78 is 24.7. The van der Waals surface area contributed by atoms with E-state index in [1.165, 1.54) is 12.3 Å². The molecule has 144 valence electrons. The minimum atomic E-state index is -3.31. The average molecular weight is 429 g/mol. The summed E-state index contributed by atoms with van der Waals surface area (Å²) in [7, 11) is -3.31. The smallest absolute Gasteiger partial charge is 0.244 e. The van der Waals surface area contributed by atoms with Crippen LogP contribution in [0.15, 0.2) is 42.6 Å². The second kappa shape index (κ2) is 9.59. The first-order chi connectivity index (χ1) is 12.7. The number of carbonyl (C=O) groups is 1. The number of amides is 1. The van der Waals surface area contributed by atoms with Crippen molar-refractivity contribution in [2.75, 3.05) is 29.4 Å². The van der Waals surface area contributed by atoms with Crippen molar-refractivity contribution in [3.8, 4) is 0 Å². The van der Waals surface area contributed by atoms with Crippen LogP contribution < -0.4 is 15.4 Å². The van der Waals surface area contributed by atoms with Gasteiger partial charge in [0, 0.05) is 31.0 Å². The molecule has 0 fully saturated rings. The molecule has 1 aromatic heterocycles. The van der Waals surface area contributed by atoms with Gasteiger partial charge in [-0.3, -0.25) is 9.52 Å². The molecule has 0 saturated carbocycles. The minimum Gasteiger partial charge on any atom is -0.367 e. The first kappa shape index (κ1) is 21.0. The maximum atomic E-state index is 11.8. The van der Waals surface area contributed by atoms with Gasteiger partial charge in [0.2, 0.25) is 15.9 Å². The number of hydrogen-bond acceptors (Lipinski definition) is 5. The van der Waals surface area contributed by atoms with Crippen molar-refractivity contribution in [2.45, 2.75) is 0 Å². The Morgan fingerprint density at radius 1 is 1.19 bits per heavy atom. The second-order valence-corrected chi connectivity index (χ2v) is 8.12. The van der Waals surface area contributed by atoms with Crippen LogP contribution in [0, 0.1) is 0 Å². The number of nitrogens with zero attached hydrogens (tertiary/aromatic N) is 1. The zero-order chi connectivity index (χ0) is 19.9. The van der Waals surface area contributed by atoms with E-state index in [1.807, 2.05) is 0 Å². The molecule has 3 N–H and O–H groups in total. The molecule has 2 rings (SSSR count). The Bertz CT molecular complexity index is 932. The van der Waals surface area contributed by atoms with Gasteiger partial charge >= 0.3 is 0 Å². The largest absolute Gasteiger partial charge is 0.367 e. The second-order valence-electron chi connectivity index (χ2n) is 5.53. The Morgan fingerprint density at radius 3 is 2.52 bits per heavy atom. The van der Waals surface area contributed by atoms with Crippen LogP contribution in [-0.2, 0) is 14.8 Å². The van der Waals surface area contributed by atoms with E-state index in [4.69, 9.17) is 23.2 Å². The first-order valence-corrected chi connectivity index (χ1v) is 10.5. The molecule has 1 aromatic carbocycles. The predicted molar refractivity (Wildman–Crippen MR) is 110 cm³/mol. The first-order valence-electron chi connectivity index (χ1n) is 7.81. The standard InChI is InChI=1S/C17H18Cl2N4O3S/c1-27(25,26)23-14-5-2-12(3-6-14)4-7-16(24)20-8-9-21-17-15(19)10-13(18)11-22-17/h2-7,10-11,23H,8-9H2,1H3,(H,20,24)(H,21,22). The van der Waals surface area contributed by atoms with Crippen molar-refractivity contribution in [1.29, 1.82) is 0 Å². The van der Waals surface area contributed by atoms with Gasteiger partial charge in [-0.1, -0.05) is 35.3 Å². The zero-order valence-corrected chi connectivity index (χ0v) is 16.7. The summed E-state index contributed by atoms with van der Waals surface area (Å²) in [6, 6.07) is 8.22. The number of rotatable bonds is 8. The van der Waals surface area contributed by atoms with Gasteiger partial charge in [0.1, 0.15) is 5.82 Å². The maximum Gasteiger partial charge on any atom is 0.244 e. The van der Waals surface area contributed by atoms with E-state index in [1.54, 1.807) is 36.4 Å². The highest BCUT2D eigenvalue weighted by Gasteiger charge is 2.03. The van der Waals surface area contributed by atoms with Crippen LogP contribution in [0.25, 0.3) is 6.08 Å². The van der Waals surface area contributed by atoms with Crippen molar-refractivity contribution < 1.29 is 13.2 Å². The van der Waals surface area contributed by atoms with Gasteiger partial charge < -0.3 is 10.6 Å². The fraction of sp³-hybridized carbons (Fsp3) is 0.176. The van der Waals surface area contributed by atoms with Crippen molar-refractivity contribution in [3.63, 3.8) is 0 Å². The monoisotopic (exact) mass is 428 g/mol. The molecule has 10 heteroatoms. The number of anilines is 2. The van der Waals surface area contributed by atoms with E-state index >= 15 is 0 Å². The number of sulfonamides is 1. The molecule has 1 heterocycles. The SMILES string of the molecule is CS(=O)(=O)Nc1ccc(C=CC(=O)NCCNc2ncc(Cl)cc2Cl)cc1. The third-order valence-corrected chi connectivity index (χ3v) is 4.27. The van der Waals surface area contributed by atoms with Crippen molar-refractivity contribution in [1.82, 2.24) is 10.3 Å². The summed E-state index contributed by atoms with van der Waals surface area (Å²) in [6.07, 6.45) is 5.59. The van der Waals surface area contributed by atoms with E-state index in [0.717, 1.165) is 11.8 Å². The molecular formula is C17H18Cl2N4O3S. The van der Waals surface area contributed by atoms with Gasteiger partial charge in [0.15, 0.2) is 0 Å². The van der Waals surface area contributed by atoms with Crippen LogP contribution in [0.1, 0.15) is 5.56 Å². The fourth-order valence-electron chi connectivity index (χ4n) is 2.02. The molecule has 0 bridgehead atoms. The van der Waals surface area contributed by atoms with Gasteiger partial charge in [-0.25, -0.2) is 13.4 Å². The average Bonchev–Trinajstić information content (AvgIpc) is 2.58. The van der Waals surface area contributed by atoms with Crippen LogP contribution in [0.3, 0.4) is 0 Å². The number of halogens is 2. The Kier molecular flexibility index (Phi) is 7.46. The van der Waals surface area contributed by atoms with Gasteiger partial charge in [-0.2, -0.15) is 0 Å². The lowest BCUT2D eigenvalue weighted by atomic mass is 10.2. The van der Waals surface area contributed by atoms with E-state index in [-0.39, 0.29) is 5.91 Å². The highest BCUT2D eigenvalue weighted by molar-refractivity contribution is 7.92. The predicted octanol–water partition coefficient (Wildman–Crippen LogP) is 3.00. The molecule has 1 amide bonds. The van der Waals surface area contributed by atoms with E-state index < -0.39 is 10.0 Å². The molecule has 0 spiro atoms. The van der Waals surface area contributed by atoms with Gasteiger partial charge in [0.05, 0.1) is 16.3 Å². The van der Waals surface area contributed by atoms with E-state index in [9.17, 15) is 13.2 Å². The molecular weight excluding hydrogens is 411 g/mol. The molecule has 0 aliphatic heterocycles. The normalized spacial score (nSPS) is 11.4. The molecule has 0 aliphatic rings. The molecule has 7 nitrogen and oxygen atoms in total. The van der Waals surface area contributed by atoms with E-state index in [0.29, 0.717) is 34.6 Å². The highest BCUT2D eigenvalue weighted by Crippen LogP contribution is 2.22. The molecule has 0 unspecified atom stereocenters. The number of carbonyl (C=O) groups excluding carboxylic acids is 1. The molecule has 2 aromatic rings. The Morgan fingerprint density at radius 2 is 1.89 bits per heavy atom. The lowest BCUT2D eigenvalue weighted by molar-refractivity contribution is -0.116. The van der Waals surface area contributed by atoms with Crippen LogP contribution in [0.2, 0.25) is 10.0 Å². The van der Waals surface area contributed by atoms with Crippen molar-refractivity contribution >= 4 is 56.7 Å². The molecule has 27 heavy (non-hydrogen) atoms. The third-order valence-electron chi connectivity index (χ3n) is 3.17. The van der Waals surface area contributed by atoms with Crippen molar-refractivity contribution in [2.24, 2.45) is 0 Å². The number of pyridine rings is 1. The van der Waals surface area contributed by atoms with Gasteiger partial charge in [-0.05, 0) is 29.8 Å². The Balaban J connectivity index is 1.76. The quantitative estimate of drug-likeness (QED) is 0.443. The molecule has 0 radical (unpaired) electrons. The summed E-state index contributed by atoms with van der Waals surface area (Å²) in [5.74, 6) is 0.235. The summed E-state index contributed by atoms with van der Waals surface area (Å²) >= 11 is 11.8. The number of aromatic nitrogens is 1. The summed E-state index contributed by atoms with van der Waals surface area (Å²) in [6.45, 7) is 0.820. The maximum absolute atomic E-state index is 11.8. The van der Waals surface area contributed by atoms with Crippen molar-refractivity contribution in [3.05, 3.63) is 58.2 Å². The Labute approximate surface area is 167 Å². The lowest BCUT2D eigenvalue weighted by Gasteiger charge is -2.07. The summed E-state index contributed by atoms with van der Waals surface area (Å²) in [4.78, 5) is 15.9. The van der Waals surface area contributed by atoms with Crippen LogP contribution in [0.4, 0.5) is 11.5 Å². The summed E-state index contributed by atoms with van der Waals surface area (Å²) in [5.41, 5.74) is 1.22. The topological polar surface area (TPSA) is 100 Å². The third kappa shape index (κ3) is 7.86. The highest BCUT2D eigenvalue weighted by atomic mass is 35.5. The van der Waals surface area contributed by atoms with Crippen LogP contribution in [0.5, 0.6) is 0 Å². The Hall–Kier alpha value is -2.29. The van der Waals surface area contributed by atoms with Gasteiger partial charge in [0.25, 0.3) is 0 Å². The lowest BCUT2D eigenvalue weighted by Crippen LogP contribution is -2.27.